The van der Waals surface area contributed by atoms with Gasteiger partial charge in [-0.3, -0.25) is 14.5 Å². The number of carbonyl (C=O) groups excluding carboxylic acids is 1. The minimum Gasteiger partial charge on any atom is -0.343 e. The maximum Gasteiger partial charge on any atom is 0.224 e. The minimum atomic E-state index is 0.105. The molecule has 1 amide bonds. The molecule has 0 saturated carbocycles. The van der Waals surface area contributed by atoms with Crippen molar-refractivity contribution < 1.29 is 4.79 Å². The topological polar surface area (TPSA) is 53.9 Å². The highest BCUT2D eigenvalue weighted by atomic mass is 32.1. The number of aromatic nitrogens is 3. The van der Waals surface area contributed by atoms with Crippen molar-refractivity contribution in [1.82, 2.24) is 19.7 Å². The first-order valence-electron chi connectivity index (χ1n) is 7.38. The van der Waals surface area contributed by atoms with Gasteiger partial charge in [0.2, 0.25) is 5.91 Å². The molecule has 2 aromatic rings. The van der Waals surface area contributed by atoms with Gasteiger partial charge in [-0.2, -0.15) is 5.10 Å². The highest BCUT2D eigenvalue weighted by molar-refractivity contribution is 7.71. The number of aromatic amines is 1. The van der Waals surface area contributed by atoms with E-state index < -0.39 is 0 Å². The van der Waals surface area contributed by atoms with Gasteiger partial charge in [0.05, 0.1) is 0 Å². The zero-order chi connectivity index (χ0) is 16.3. The van der Waals surface area contributed by atoms with E-state index >= 15 is 0 Å². The molecule has 1 heterocycles. The summed E-state index contributed by atoms with van der Waals surface area (Å²) in [6.45, 7) is 6.56. The fourth-order valence-corrected chi connectivity index (χ4v) is 2.34. The van der Waals surface area contributed by atoms with Crippen molar-refractivity contribution in [3.63, 3.8) is 0 Å². The summed E-state index contributed by atoms with van der Waals surface area (Å²) >= 11 is 5.29. The Morgan fingerprint density at radius 1 is 1.36 bits per heavy atom. The highest BCUT2D eigenvalue weighted by Gasteiger charge is 2.14. The van der Waals surface area contributed by atoms with Gasteiger partial charge in [-0.05, 0) is 33.0 Å². The number of H-pyrrole nitrogens is 1. The van der Waals surface area contributed by atoms with Crippen molar-refractivity contribution in [2.45, 2.75) is 39.8 Å². The van der Waals surface area contributed by atoms with E-state index in [1.807, 2.05) is 56.7 Å². The third-order valence-electron chi connectivity index (χ3n) is 3.79. The van der Waals surface area contributed by atoms with Gasteiger partial charge >= 0.3 is 0 Å². The number of amides is 1. The van der Waals surface area contributed by atoms with Crippen molar-refractivity contribution in [2.75, 3.05) is 7.05 Å². The predicted octanol–water partition coefficient (Wildman–Crippen LogP) is 3.17. The molecule has 0 radical (unpaired) electrons. The van der Waals surface area contributed by atoms with Crippen LogP contribution in [0.15, 0.2) is 24.3 Å². The first-order chi connectivity index (χ1) is 10.4. The van der Waals surface area contributed by atoms with Crippen molar-refractivity contribution in [1.29, 1.82) is 0 Å². The lowest BCUT2D eigenvalue weighted by molar-refractivity contribution is -0.131. The number of aryl methyl sites for hydroxylation is 1. The van der Waals surface area contributed by atoms with E-state index in [4.69, 9.17) is 12.2 Å². The quantitative estimate of drug-likeness (QED) is 0.862. The minimum absolute atomic E-state index is 0.105. The van der Waals surface area contributed by atoms with Gasteiger partial charge in [0, 0.05) is 31.6 Å². The van der Waals surface area contributed by atoms with Crippen LogP contribution in [-0.2, 0) is 11.3 Å². The molecule has 0 aliphatic carbocycles. The van der Waals surface area contributed by atoms with E-state index in [0.29, 0.717) is 17.7 Å². The lowest BCUT2D eigenvalue weighted by Crippen LogP contribution is -2.33. The Labute approximate surface area is 136 Å². The predicted molar refractivity (Wildman–Crippen MR) is 90.1 cm³/mol. The largest absolute Gasteiger partial charge is 0.343 e. The summed E-state index contributed by atoms with van der Waals surface area (Å²) in [5, 5.41) is 7.11. The fraction of sp³-hybridized carbons (Fsp3) is 0.438. The maximum absolute atomic E-state index is 12.1. The van der Waals surface area contributed by atoms with E-state index in [9.17, 15) is 4.79 Å². The molecule has 118 valence electrons. The molecule has 0 saturated heterocycles. The number of nitrogens with one attached hydrogen (secondary N) is 1. The lowest BCUT2D eigenvalue weighted by Gasteiger charge is -2.21. The Bertz CT molecular complexity index is 700. The van der Waals surface area contributed by atoms with Gasteiger partial charge in [0.15, 0.2) is 10.6 Å². The normalized spacial score (nSPS) is 11.0. The summed E-state index contributed by atoms with van der Waals surface area (Å²) in [4.78, 5) is 13.9. The lowest BCUT2D eigenvalue weighted by atomic mass is 10.1. The van der Waals surface area contributed by atoms with E-state index in [0.717, 1.165) is 11.4 Å². The van der Waals surface area contributed by atoms with Crippen molar-refractivity contribution in [2.24, 2.45) is 0 Å². The standard InChI is InChI=1S/C16H22N4OS/c1-11(2)19(4)14(21)9-10-20-15(17-18-16(20)22)13-7-5-12(3)6-8-13/h5-8,11H,9-10H2,1-4H3,(H,18,22). The molecular formula is C16H22N4OS. The number of carbonyl (C=O) groups is 1. The fourth-order valence-electron chi connectivity index (χ4n) is 2.12. The Morgan fingerprint density at radius 2 is 2.00 bits per heavy atom. The van der Waals surface area contributed by atoms with Gasteiger partial charge in [-0.1, -0.05) is 29.8 Å². The molecular weight excluding hydrogens is 296 g/mol. The number of hydrogen-bond donors (Lipinski definition) is 1. The van der Waals surface area contributed by atoms with Crippen molar-refractivity contribution in [3.8, 4) is 11.4 Å². The summed E-state index contributed by atoms with van der Waals surface area (Å²) in [5.41, 5.74) is 2.18. The number of nitrogens with zero attached hydrogens (tertiary/aromatic N) is 3. The van der Waals surface area contributed by atoms with Crippen LogP contribution in [0.3, 0.4) is 0 Å². The highest BCUT2D eigenvalue weighted by Crippen LogP contribution is 2.18. The van der Waals surface area contributed by atoms with Crippen LogP contribution in [0.4, 0.5) is 0 Å². The molecule has 0 atom stereocenters. The van der Waals surface area contributed by atoms with Crippen LogP contribution in [0, 0.1) is 11.7 Å². The number of hydrogen-bond acceptors (Lipinski definition) is 3. The summed E-state index contributed by atoms with van der Waals surface area (Å²) < 4.78 is 2.42. The second kappa shape index (κ2) is 6.87. The van der Waals surface area contributed by atoms with Crippen LogP contribution < -0.4 is 0 Å². The molecule has 0 bridgehead atoms. The Kier molecular flexibility index (Phi) is 5.13. The summed E-state index contributed by atoms with van der Waals surface area (Å²) in [6.07, 6.45) is 0.404. The van der Waals surface area contributed by atoms with Gasteiger partial charge in [-0.15, -0.1) is 0 Å². The molecule has 1 aromatic heterocycles. The third kappa shape index (κ3) is 3.62. The van der Waals surface area contributed by atoms with Crippen molar-refractivity contribution in [3.05, 3.63) is 34.6 Å². The second-order valence-corrected chi connectivity index (χ2v) is 6.11. The van der Waals surface area contributed by atoms with E-state index in [1.165, 1.54) is 5.56 Å². The summed E-state index contributed by atoms with van der Waals surface area (Å²) in [6, 6.07) is 8.29. The average Bonchev–Trinajstić information content (AvgIpc) is 2.85. The van der Waals surface area contributed by atoms with Crippen molar-refractivity contribution >= 4 is 18.1 Å². The molecule has 0 aliphatic rings. The average molecular weight is 318 g/mol. The first kappa shape index (κ1) is 16.4. The molecule has 0 unspecified atom stereocenters. The van der Waals surface area contributed by atoms with Crippen LogP contribution in [-0.4, -0.2) is 38.7 Å². The maximum atomic E-state index is 12.1. The van der Waals surface area contributed by atoms with Crippen LogP contribution in [0.1, 0.15) is 25.8 Å². The monoisotopic (exact) mass is 318 g/mol. The van der Waals surface area contributed by atoms with Gasteiger partial charge < -0.3 is 4.90 Å². The van der Waals surface area contributed by atoms with Crippen LogP contribution in [0.25, 0.3) is 11.4 Å². The molecule has 6 heteroatoms. The molecule has 2 rings (SSSR count). The molecule has 0 fully saturated rings. The molecule has 0 aliphatic heterocycles. The molecule has 1 aromatic carbocycles. The smallest absolute Gasteiger partial charge is 0.224 e. The van der Waals surface area contributed by atoms with Crippen LogP contribution >= 0.6 is 12.2 Å². The number of benzene rings is 1. The summed E-state index contributed by atoms with van der Waals surface area (Å²) in [5.74, 6) is 0.873. The number of rotatable bonds is 5. The Hall–Kier alpha value is -1.95. The van der Waals surface area contributed by atoms with Gasteiger partial charge in [0.1, 0.15) is 0 Å². The van der Waals surface area contributed by atoms with Gasteiger partial charge in [-0.25, -0.2) is 0 Å². The third-order valence-corrected chi connectivity index (χ3v) is 4.10. The van der Waals surface area contributed by atoms with Crippen LogP contribution in [0.5, 0.6) is 0 Å². The SMILES string of the molecule is Cc1ccc(-c2n[nH]c(=S)n2CCC(=O)N(C)C(C)C)cc1. The molecule has 22 heavy (non-hydrogen) atoms. The molecule has 0 spiro atoms. The zero-order valence-corrected chi connectivity index (χ0v) is 14.3. The molecule has 5 nitrogen and oxygen atoms in total. The second-order valence-electron chi connectivity index (χ2n) is 5.72. The van der Waals surface area contributed by atoms with Crippen LogP contribution in [0.2, 0.25) is 0 Å². The Morgan fingerprint density at radius 3 is 2.59 bits per heavy atom. The van der Waals surface area contributed by atoms with E-state index in [2.05, 4.69) is 10.2 Å². The van der Waals surface area contributed by atoms with E-state index in [-0.39, 0.29) is 11.9 Å². The van der Waals surface area contributed by atoms with E-state index in [1.54, 1.807) is 4.90 Å². The zero-order valence-electron chi connectivity index (χ0n) is 13.5. The first-order valence-corrected chi connectivity index (χ1v) is 7.79. The van der Waals surface area contributed by atoms with Gasteiger partial charge in [0.25, 0.3) is 0 Å². The summed E-state index contributed by atoms with van der Waals surface area (Å²) in [7, 11) is 1.82. The molecule has 1 N–H and O–H groups in total. The Balaban J connectivity index is 2.19.